The summed E-state index contributed by atoms with van der Waals surface area (Å²) in [7, 11) is 0. The quantitative estimate of drug-likeness (QED) is 0.0521. The highest BCUT2D eigenvalue weighted by Gasteiger charge is 2.21. The monoisotopic (exact) mass is 626 g/mol. The van der Waals surface area contributed by atoms with Gasteiger partial charge in [-0.25, -0.2) is 0 Å². The fraction of sp³-hybridized carbons (Fsp3) is 0.974. The highest BCUT2D eigenvalue weighted by Crippen LogP contribution is 2.16. The van der Waals surface area contributed by atoms with Gasteiger partial charge in [0.05, 0.1) is 31.3 Å². The summed E-state index contributed by atoms with van der Waals surface area (Å²) >= 11 is 0. The van der Waals surface area contributed by atoms with Crippen molar-refractivity contribution in [1.82, 2.24) is 5.32 Å². The molecule has 0 aliphatic rings. The second-order valence-electron chi connectivity index (χ2n) is 13.9. The Labute approximate surface area is 275 Å². The van der Waals surface area contributed by atoms with Crippen LogP contribution >= 0.6 is 0 Å². The Bertz CT molecular complexity index is 572. The standard InChI is InChI=1S/C39H79NO4/c1-3-5-7-9-11-13-15-16-17-18-19-20-21-22-23-24-26-28-30-32-36(42)34-39(44)40-37(35-41)38(43)33-31-29-27-25-14-12-10-8-6-4-2/h36-38,41-43H,3-35H2,1-2H3,(H,40,44). The van der Waals surface area contributed by atoms with Gasteiger partial charge in [-0.1, -0.05) is 200 Å². The molecule has 0 fully saturated rings. The maximum atomic E-state index is 12.4. The van der Waals surface area contributed by atoms with E-state index in [4.69, 9.17) is 0 Å². The third-order valence-electron chi connectivity index (χ3n) is 9.42. The van der Waals surface area contributed by atoms with Gasteiger partial charge < -0.3 is 20.6 Å². The summed E-state index contributed by atoms with van der Waals surface area (Å²) in [6.07, 6.45) is 37.8. The lowest BCUT2D eigenvalue weighted by Gasteiger charge is -2.23. The second-order valence-corrected chi connectivity index (χ2v) is 13.9. The van der Waals surface area contributed by atoms with E-state index in [0.717, 1.165) is 25.7 Å². The van der Waals surface area contributed by atoms with Crippen LogP contribution in [0.5, 0.6) is 0 Å². The Morgan fingerprint density at radius 1 is 0.477 bits per heavy atom. The van der Waals surface area contributed by atoms with E-state index in [2.05, 4.69) is 19.2 Å². The summed E-state index contributed by atoms with van der Waals surface area (Å²) in [4.78, 5) is 12.4. The summed E-state index contributed by atoms with van der Waals surface area (Å²) in [6.45, 7) is 4.25. The molecule has 3 atom stereocenters. The van der Waals surface area contributed by atoms with Crippen molar-refractivity contribution in [3.8, 4) is 0 Å². The predicted molar refractivity (Wildman–Crippen MR) is 190 cm³/mol. The molecule has 1 amide bonds. The van der Waals surface area contributed by atoms with Crippen molar-refractivity contribution < 1.29 is 20.1 Å². The number of unbranched alkanes of at least 4 members (excludes halogenated alkanes) is 27. The summed E-state index contributed by atoms with van der Waals surface area (Å²) in [5.41, 5.74) is 0. The highest BCUT2D eigenvalue weighted by molar-refractivity contribution is 5.76. The summed E-state index contributed by atoms with van der Waals surface area (Å²) in [5, 5.41) is 33.2. The Hall–Kier alpha value is -0.650. The SMILES string of the molecule is CCCCCCCCCCCCCCCCCCCCCC(O)CC(=O)NC(CO)C(O)CCCCCCCCCCCC. The molecule has 0 heterocycles. The largest absolute Gasteiger partial charge is 0.394 e. The number of aliphatic hydroxyl groups excluding tert-OH is 3. The molecule has 0 aromatic rings. The first-order chi connectivity index (χ1) is 21.5. The number of rotatable bonds is 36. The van der Waals surface area contributed by atoms with E-state index < -0.39 is 18.2 Å². The Morgan fingerprint density at radius 2 is 0.773 bits per heavy atom. The van der Waals surface area contributed by atoms with Crippen LogP contribution in [0.2, 0.25) is 0 Å². The van der Waals surface area contributed by atoms with E-state index >= 15 is 0 Å². The van der Waals surface area contributed by atoms with Crippen LogP contribution < -0.4 is 5.32 Å². The molecular formula is C39H79NO4. The van der Waals surface area contributed by atoms with Crippen LogP contribution in [0.15, 0.2) is 0 Å². The maximum Gasteiger partial charge on any atom is 0.222 e. The minimum atomic E-state index is -0.741. The molecule has 264 valence electrons. The van der Waals surface area contributed by atoms with Gasteiger partial charge in [0.1, 0.15) is 0 Å². The molecule has 4 N–H and O–H groups in total. The van der Waals surface area contributed by atoms with Crippen molar-refractivity contribution >= 4 is 5.91 Å². The van der Waals surface area contributed by atoms with Crippen molar-refractivity contribution in [2.75, 3.05) is 6.61 Å². The first kappa shape index (κ1) is 43.4. The lowest BCUT2D eigenvalue weighted by atomic mass is 10.0. The topological polar surface area (TPSA) is 89.8 Å². The average Bonchev–Trinajstić information content (AvgIpc) is 3.01. The lowest BCUT2D eigenvalue weighted by molar-refractivity contribution is -0.125. The fourth-order valence-corrected chi connectivity index (χ4v) is 6.35. The van der Waals surface area contributed by atoms with Gasteiger partial charge in [0.2, 0.25) is 5.91 Å². The molecule has 0 aliphatic heterocycles. The van der Waals surface area contributed by atoms with E-state index in [-0.39, 0.29) is 18.9 Å². The second kappa shape index (κ2) is 35.2. The molecule has 0 aliphatic carbocycles. The number of nitrogens with one attached hydrogen (secondary N) is 1. The third-order valence-corrected chi connectivity index (χ3v) is 9.42. The molecule has 0 aromatic heterocycles. The Balaban J connectivity index is 3.57. The molecule has 0 aromatic carbocycles. The van der Waals surface area contributed by atoms with Gasteiger partial charge in [-0.3, -0.25) is 4.79 Å². The molecule has 3 unspecified atom stereocenters. The van der Waals surface area contributed by atoms with E-state index in [1.54, 1.807) is 0 Å². The van der Waals surface area contributed by atoms with Crippen LogP contribution in [0.1, 0.15) is 219 Å². The van der Waals surface area contributed by atoms with Crippen LogP contribution in [0.4, 0.5) is 0 Å². The van der Waals surface area contributed by atoms with Gasteiger partial charge in [-0.05, 0) is 12.8 Å². The zero-order valence-corrected chi connectivity index (χ0v) is 29.8. The zero-order valence-electron chi connectivity index (χ0n) is 29.8. The predicted octanol–water partition coefficient (Wildman–Crippen LogP) is 10.7. The number of carbonyl (C=O) groups excluding carboxylic acids is 1. The number of carbonyl (C=O) groups is 1. The van der Waals surface area contributed by atoms with Crippen molar-refractivity contribution in [3.63, 3.8) is 0 Å². The molecule has 0 radical (unpaired) electrons. The van der Waals surface area contributed by atoms with Crippen molar-refractivity contribution in [2.45, 2.75) is 238 Å². The van der Waals surface area contributed by atoms with Crippen LogP contribution in [0.3, 0.4) is 0 Å². The molecular weight excluding hydrogens is 546 g/mol. The summed E-state index contributed by atoms with van der Waals surface area (Å²) < 4.78 is 0. The molecule has 0 bridgehead atoms. The Morgan fingerprint density at radius 3 is 1.09 bits per heavy atom. The fourth-order valence-electron chi connectivity index (χ4n) is 6.35. The molecule has 44 heavy (non-hydrogen) atoms. The van der Waals surface area contributed by atoms with Crippen LogP contribution in [0.25, 0.3) is 0 Å². The van der Waals surface area contributed by atoms with Gasteiger partial charge >= 0.3 is 0 Å². The molecule has 0 saturated carbocycles. The van der Waals surface area contributed by atoms with E-state index in [9.17, 15) is 20.1 Å². The molecule has 5 heteroatoms. The normalized spacial score (nSPS) is 13.7. The average molecular weight is 626 g/mol. The smallest absolute Gasteiger partial charge is 0.222 e. The third kappa shape index (κ3) is 31.3. The van der Waals surface area contributed by atoms with Gasteiger partial charge in [-0.15, -0.1) is 0 Å². The van der Waals surface area contributed by atoms with Gasteiger partial charge in [0.15, 0.2) is 0 Å². The summed E-state index contributed by atoms with van der Waals surface area (Å²) in [6, 6.07) is -0.650. The molecule has 5 nitrogen and oxygen atoms in total. The van der Waals surface area contributed by atoms with Crippen molar-refractivity contribution in [3.05, 3.63) is 0 Å². The first-order valence-electron chi connectivity index (χ1n) is 19.8. The molecule has 0 rings (SSSR count). The van der Waals surface area contributed by atoms with Crippen LogP contribution in [-0.4, -0.2) is 46.1 Å². The molecule has 0 saturated heterocycles. The number of hydrogen-bond donors (Lipinski definition) is 4. The van der Waals surface area contributed by atoms with Crippen LogP contribution in [-0.2, 0) is 4.79 Å². The minimum absolute atomic E-state index is 0.0422. The minimum Gasteiger partial charge on any atom is -0.394 e. The lowest BCUT2D eigenvalue weighted by Crippen LogP contribution is -2.46. The molecule has 0 spiro atoms. The van der Waals surface area contributed by atoms with Crippen molar-refractivity contribution in [2.24, 2.45) is 0 Å². The van der Waals surface area contributed by atoms with Gasteiger partial charge in [0, 0.05) is 0 Å². The highest BCUT2D eigenvalue weighted by atomic mass is 16.3. The van der Waals surface area contributed by atoms with E-state index in [1.807, 2.05) is 0 Å². The zero-order chi connectivity index (χ0) is 32.4. The van der Waals surface area contributed by atoms with E-state index in [0.29, 0.717) is 12.8 Å². The Kier molecular flexibility index (Phi) is 34.7. The summed E-state index contributed by atoms with van der Waals surface area (Å²) in [5.74, 6) is -0.281. The van der Waals surface area contributed by atoms with Crippen molar-refractivity contribution in [1.29, 1.82) is 0 Å². The van der Waals surface area contributed by atoms with Gasteiger partial charge in [0.25, 0.3) is 0 Å². The maximum absolute atomic E-state index is 12.4. The van der Waals surface area contributed by atoms with Gasteiger partial charge in [-0.2, -0.15) is 0 Å². The number of amides is 1. The number of hydrogen-bond acceptors (Lipinski definition) is 4. The van der Waals surface area contributed by atoms with Crippen LogP contribution in [0, 0.1) is 0 Å². The van der Waals surface area contributed by atoms with E-state index in [1.165, 1.54) is 161 Å². The first-order valence-corrected chi connectivity index (χ1v) is 19.8. The number of aliphatic hydroxyl groups is 3.